The van der Waals surface area contributed by atoms with Gasteiger partial charge in [-0.15, -0.1) is 11.8 Å². The van der Waals surface area contributed by atoms with E-state index in [9.17, 15) is 18.5 Å². The third-order valence-electron chi connectivity index (χ3n) is 3.52. The molecule has 0 saturated heterocycles. The first kappa shape index (κ1) is 20.7. The summed E-state index contributed by atoms with van der Waals surface area (Å²) in [5.41, 5.74) is 6.82. The van der Waals surface area contributed by atoms with Gasteiger partial charge >= 0.3 is 0 Å². The van der Waals surface area contributed by atoms with Gasteiger partial charge in [0.1, 0.15) is 16.9 Å². The number of hydrogen-bond acceptors (Lipinski definition) is 7. The molecule has 1 amide bonds. The van der Waals surface area contributed by atoms with E-state index in [4.69, 9.17) is 5.73 Å². The van der Waals surface area contributed by atoms with Gasteiger partial charge in [0.05, 0.1) is 16.9 Å². The van der Waals surface area contributed by atoms with Gasteiger partial charge in [-0.2, -0.15) is 5.26 Å². The van der Waals surface area contributed by atoms with E-state index in [0.717, 1.165) is 0 Å². The number of nitrogen functional groups attached to an aromatic ring is 1. The number of amides is 1. The Morgan fingerprint density at radius 2 is 2.04 bits per heavy atom. The lowest BCUT2D eigenvalue weighted by Crippen LogP contribution is -2.22. The number of nitriles is 1. The molecule has 0 aliphatic heterocycles. The predicted octanol–water partition coefficient (Wildman–Crippen LogP) is 1.82. The Kier molecular flexibility index (Phi) is 7.18. The molecule has 10 heteroatoms. The minimum absolute atomic E-state index is 0.00720. The fourth-order valence-corrected chi connectivity index (χ4v) is 3.94. The van der Waals surface area contributed by atoms with Crippen molar-refractivity contribution in [1.29, 1.82) is 5.26 Å². The van der Waals surface area contributed by atoms with Crippen LogP contribution in [-0.2, 0) is 10.0 Å². The molecule has 1 aromatic carbocycles. The first-order valence-corrected chi connectivity index (χ1v) is 10.6. The molecule has 0 aliphatic rings. The Bertz CT molecular complexity index is 957. The van der Waals surface area contributed by atoms with Gasteiger partial charge in [0, 0.05) is 11.4 Å². The number of hydrogen-bond donors (Lipinski definition) is 3. The molecule has 0 fully saturated rings. The van der Waals surface area contributed by atoms with Crippen LogP contribution in [0.5, 0.6) is 0 Å². The van der Waals surface area contributed by atoms with Crippen molar-refractivity contribution in [1.82, 2.24) is 9.71 Å². The van der Waals surface area contributed by atoms with E-state index in [1.165, 1.54) is 24.9 Å². The molecule has 2 aromatic rings. The molecule has 2 rings (SSSR count). The van der Waals surface area contributed by atoms with Gasteiger partial charge < -0.3 is 11.1 Å². The molecule has 0 radical (unpaired) electrons. The summed E-state index contributed by atoms with van der Waals surface area (Å²) in [7, 11) is -1.91. The number of nitrogens with two attached hydrogens (primary N) is 1. The first-order valence-electron chi connectivity index (χ1n) is 7.97. The predicted molar refractivity (Wildman–Crippen MR) is 106 cm³/mol. The summed E-state index contributed by atoms with van der Waals surface area (Å²) in [6, 6.07) is 12.3. The molecule has 0 atom stereocenters. The van der Waals surface area contributed by atoms with Crippen molar-refractivity contribution in [2.24, 2.45) is 0 Å². The van der Waals surface area contributed by atoms with E-state index in [2.05, 4.69) is 15.0 Å². The van der Waals surface area contributed by atoms with Crippen molar-refractivity contribution < 1.29 is 13.2 Å². The number of carbonyl (C=O) groups is 1. The highest BCUT2D eigenvalue weighted by atomic mass is 32.2. The summed E-state index contributed by atoms with van der Waals surface area (Å²) in [6.07, 6.45) is 0.385. The number of anilines is 2. The summed E-state index contributed by atoms with van der Waals surface area (Å²) in [5, 5.41) is 12.4. The highest BCUT2D eigenvalue weighted by Crippen LogP contribution is 2.25. The summed E-state index contributed by atoms with van der Waals surface area (Å²) < 4.78 is 25.1. The van der Waals surface area contributed by atoms with E-state index in [0.29, 0.717) is 22.9 Å². The van der Waals surface area contributed by atoms with Gasteiger partial charge in [-0.1, -0.05) is 18.2 Å². The summed E-state index contributed by atoms with van der Waals surface area (Å²) in [5.74, 6) is -0.0321. The van der Waals surface area contributed by atoms with Crippen molar-refractivity contribution in [3.63, 3.8) is 0 Å². The molecule has 27 heavy (non-hydrogen) atoms. The van der Waals surface area contributed by atoms with Gasteiger partial charge in [0.2, 0.25) is 10.0 Å². The normalized spacial score (nSPS) is 11.0. The van der Waals surface area contributed by atoms with Crippen LogP contribution in [0.25, 0.3) is 0 Å². The number of carbonyl (C=O) groups excluding carboxylic acids is 1. The van der Waals surface area contributed by atoms with Crippen molar-refractivity contribution >= 4 is 39.2 Å². The van der Waals surface area contributed by atoms with Gasteiger partial charge in [0.25, 0.3) is 5.91 Å². The molecule has 0 aliphatic carbocycles. The van der Waals surface area contributed by atoms with E-state index >= 15 is 0 Å². The molecule has 142 valence electrons. The van der Waals surface area contributed by atoms with Crippen LogP contribution in [-0.4, -0.2) is 37.9 Å². The van der Waals surface area contributed by atoms with Crippen molar-refractivity contribution in [3.8, 4) is 6.07 Å². The van der Waals surface area contributed by atoms with Gasteiger partial charge in [-0.25, -0.2) is 18.1 Å². The number of sulfonamides is 1. The molecular weight excluding hydrogens is 386 g/mol. The van der Waals surface area contributed by atoms with E-state index in [1.807, 2.05) is 12.1 Å². The molecule has 1 aromatic heterocycles. The van der Waals surface area contributed by atoms with Gasteiger partial charge in [-0.05, 0) is 31.7 Å². The van der Waals surface area contributed by atoms with Crippen LogP contribution in [0.2, 0.25) is 0 Å². The van der Waals surface area contributed by atoms with Crippen LogP contribution < -0.4 is 15.8 Å². The maximum atomic E-state index is 12.4. The molecule has 0 unspecified atom stereocenters. The zero-order valence-corrected chi connectivity index (χ0v) is 16.2. The van der Waals surface area contributed by atoms with Crippen molar-refractivity contribution in [3.05, 3.63) is 47.5 Å². The lowest BCUT2D eigenvalue weighted by atomic mass is 10.2. The fraction of sp³-hybridized carbons (Fsp3) is 0.235. The minimum Gasteiger partial charge on any atom is -0.383 e. The van der Waals surface area contributed by atoms with Crippen LogP contribution in [0.1, 0.15) is 22.3 Å². The average molecular weight is 406 g/mol. The van der Waals surface area contributed by atoms with E-state index in [1.54, 1.807) is 24.3 Å². The van der Waals surface area contributed by atoms with Gasteiger partial charge in [-0.3, -0.25) is 4.79 Å². The Hall–Kier alpha value is -2.61. The quantitative estimate of drug-likeness (QED) is 0.450. The van der Waals surface area contributed by atoms with Crippen LogP contribution >= 0.6 is 11.8 Å². The lowest BCUT2D eigenvalue weighted by molar-refractivity contribution is 0.102. The Morgan fingerprint density at radius 3 is 2.67 bits per heavy atom. The zero-order valence-electron chi connectivity index (χ0n) is 14.6. The maximum Gasteiger partial charge on any atom is 0.259 e. The number of nitrogens with zero attached hydrogens (tertiary/aromatic N) is 2. The van der Waals surface area contributed by atoms with Crippen LogP contribution in [0, 0.1) is 11.3 Å². The molecule has 0 saturated carbocycles. The largest absolute Gasteiger partial charge is 0.383 e. The molecular formula is C17H19N5O3S2. The third kappa shape index (κ3) is 5.96. The molecule has 8 nitrogen and oxygen atoms in total. The number of rotatable bonds is 8. The summed E-state index contributed by atoms with van der Waals surface area (Å²) in [4.78, 5) is 16.6. The number of thioether (sulfide) groups is 1. The Balaban J connectivity index is 2.10. The number of nitrogens with one attached hydrogen (secondary N) is 2. The molecule has 0 spiro atoms. The average Bonchev–Trinajstić information content (AvgIpc) is 2.66. The number of para-hydroxylation sites is 1. The van der Waals surface area contributed by atoms with Crippen molar-refractivity contribution in [2.45, 2.75) is 11.4 Å². The smallest absolute Gasteiger partial charge is 0.259 e. The second-order valence-corrected chi connectivity index (χ2v) is 8.56. The number of aromatic nitrogens is 1. The van der Waals surface area contributed by atoms with Crippen molar-refractivity contribution in [2.75, 3.05) is 29.6 Å². The first-order chi connectivity index (χ1) is 12.9. The van der Waals surface area contributed by atoms with Crippen LogP contribution in [0.15, 0.2) is 41.4 Å². The fourth-order valence-electron chi connectivity index (χ4n) is 2.12. The monoisotopic (exact) mass is 405 g/mol. The van der Waals surface area contributed by atoms with E-state index < -0.39 is 15.9 Å². The maximum absolute atomic E-state index is 12.4. The highest BCUT2D eigenvalue weighted by molar-refractivity contribution is 7.99. The number of pyridine rings is 1. The van der Waals surface area contributed by atoms with Crippen LogP contribution in [0.3, 0.4) is 0 Å². The lowest BCUT2D eigenvalue weighted by Gasteiger charge is -2.10. The Labute approximate surface area is 162 Å². The second kappa shape index (κ2) is 9.36. The van der Waals surface area contributed by atoms with Gasteiger partial charge in [0.15, 0.2) is 0 Å². The van der Waals surface area contributed by atoms with E-state index in [-0.39, 0.29) is 22.7 Å². The minimum atomic E-state index is -3.27. The summed E-state index contributed by atoms with van der Waals surface area (Å²) in [6.45, 7) is 0. The zero-order chi connectivity index (χ0) is 19.9. The summed E-state index contributed by atoms with van der Waals surface area (Å²) >= 11 is 1.22. The molecule has 1 heterocycles. The topological polar surface area (TPSA) is 138 Å². The molecule has 0 bridgehead atoms. The Morgan fingerprint density at radius 1 is 1.33 bits per heavy atom. The third-order valence-corrected chi connectivity index (χ3v) is 6.05. The highest BCUT2D eigenvalue weighted by Gasteiger charge is 2.16. The standard InChI is InChI=1S/C17H19N5O3S2/c1-20-27(24,25)9-5-8-26-17-12(11-18)10-14(15(19)22-17)16(23)21-13-6-3-2-4-7-13/h2-4,6-7,10,20H,5,8-9H2,1H3,(H2,19,22)(H,21,23). The van der Waals surface area contributed by atoms with Crippen LogP contribution in [0.4, 0.5) is 11.5 Å². The number of benzene rings is 1. The molecule has 4 N–H and O–H groups in total. The second-order valence-electron chi connectivity index (χ2n) is 5.43. The SMILES string of the molecule is CNS(=O)(=O)CCCSc1nc(N)c(C(=O)Nc2ccccc2)cc1C#N.